The first-order chi connectivity index (χ1) is 16.2. The quantitative estimate of drug-likeness (QED) is 0.460. The molecule has 3 aromatic rings. The van der Waals surface area contributed by atoms with E-state index in [1.165, 1.54) is 39.9 Å². The highest BCUT2D eigenvalue weighted by molar-refractivity contribution is 7.89. The van der Waals surface area contributed by atoms with E-state index in [4.69, 9.17) is 4.74 Å². The Morgan fingerprint density at radius 3 is 2.68 bits per heavy atom. The van der Waals surface area contributed by atoms with Gasteiger partial charge in [-0.3, -0.25) is 4.79 Å². The number of aromatic nitrogens is 1. The molecular formula is C25H29N3O4S2. The number of aryl methyl sites for hydroxylation is 2. The molecule has 1 fully saturated rings. The summed E-state index contributed by atoms with van der Waals surface area (Å²) in [6.45, 7) is 9.43. The molecule has 180 valence electrons. The van der Waals surface area contributed by atoms with Gasteiger partial charge in [0.05, 0.1) is 21.2 Å². The number of ether oxygens (including phenoxy) is 1. The van der Waals surface area contributed by atoms with Crippen LogP contribution in [0.3, 0.4) is 0 Å². The number of nitrogens with zero attached hydrogens (tertiary/aromatic N) is 3. The van der Waals surface area contributed by atoms with Gasteiger partial charge in [-0.25, -0.2) is 8.42 Å². The fourth-order valence-corrected chi connectivity index (χ4v) is 6.47. The number of thiazole rings is 1. The van der Waals surface area contributed by atoms with Crippen molar-refractivity contribution in [1.29, 1.82) is 0 Å². The molecule has 0 saturated carbocycles. The number of allylic oxidation sites excluding steroid dienone is 1. The van der Waals surface area contributed by atoms with E-state index in [0.717, 1.165) is 34.2 Å². The lowest BCUT2D eigenvalue weighted by molar-refractivity contribution is 0.0979. The molecule has 0 bridgehead atoms. The van der Waals surface area contributed by atoms with Crippen molar-refractivity contribution in [2.75, 3.05) is 20.2 Å². The zero-order valence-corrected chi connectivity index (χ0v) is 21.3. The first-order valence-corrected chi connectivity index (χ1v) is 13.4. The van der Waals surface area contributed by atoms with Crippen LogP contribution in [0.2, 0.25) is 0 Å². The molecule has 0 aliphatic carbocycles. The maximum atomic E-state index is 12.9. The average molecular weight is 500 g/mol. The fraction of sp³-hybridized carbons (Fsp3) is 0.360. The van der Waals surface area contributed by atoms with E-state index < -0.39 is 15.9 Å². The molecule has 0 spiro atoms. The van der Waals surface area contributed by atoms with Gasteiger partial charge in [-0.15, -0.1) is 6.58 Å². The summed E-state index contributed by atoms with van der Waals surface area (Å²) in [5.74, 6) is -0.421. The van der Waals surface area contributed by atoms with Gasteiger partial charge in [0.15, 0.2) is 4.80 Å². The summed E-state index contributed by atoms with van der Waals surface area (Å²) >= 11 is 1.46. The second-order valence-corrected chi connectivity index (χ2v) is 11.6. The number of likely N-dealkylation sites (N-methyl/N-ethyl adjacent to an activating group) is 1. The van der Waals surface area contributed by atoms with Gasteiger partial charge in [-0.2, -0.15) is 9.30 Å². The van der Waals surface area contributed by atoms with Crippen molar-refractivity contribution in [1.82, 2.24) is 8.87 Å². The minimum atomic E-state index is -3.67. The van der Waals surface area contributed by atoms with E-state index in [9.17, 15) is 13.2 Å². The van der Waals surface area contributed by atoms with Crippen molar-refractivity contribution in [2.45, 2.75) is 44.2 Å². The van der Waals surface area contributed by atoms with E-state index in [0.29, 0.717) is 30.1 Å². The summed E-state index contributed by atoms with van der Waals surface area (Å²) in [4.78, 5) is 18.0. The number of carbonyl (C=O) groups is 1. The van der Waals surface area contributed by atoms with Gasteiger partial charge < -0.3 is 9.30 Å². The molecule has 9 heteroatoms. The van der Waals surface area contributed by atoms with E-state index in [-0.39, 0.29) is 11.0 Å². The molecule has 1 aliphatic rings. The highest BCUT2D eigenvalue weighted by Crippen LogP contribution is 2.24. The third-order valence-corrected chi connectivity index (χ3v) is 8.98. The van der Waals surface area contributed by atoms with Gasteiger partial charge in [0.25, 0.3) is 5.91 Å². The molecule has 7 nitrogen and oxygen atoms in total. The maximum Gasteiger partial charge on any atom is 0.279 e. The van der Waals surface area contributed by atoms with Gasteiger partial charge in [-0.1, -0.05) is 23.5 Å². The van der Waals surface area contributed by atoms with Crippen molar-refractivity contribution in [3.05, 3.63) is 70.5 Å². The van der Waals surface area contributed by atoms with Crippen LogP contribution in [0.1, 0.15) is 34.3 Å². The monoisotopic (exact) mass is 499 g/mol. The second kappa shape index (κ2) is 9.95. The molecule has 1 saturated heterocycles. The molecule has 2 aromatic carbocycles. The minimum absolute atomic E-state index is 0.0737. The highest BCUT2D eigenvalue weighted by atomic mass is 32.2. The lowest BCUT2D eigenvalue weighted by atomic mass is 10.1. The summed E-state index contributed by atoms with van der Waals surface area (Å²) in [5, 5.41) is 0. The smallest absolute Gasteiger partial charge is 0.279 e. The number of benzene rings is 2. The molecule has 4 rings (SSSR count). The Morgan fingerprint density at radius 1 is 1.29 bits per heavy atom. The third-order valence-electron chi connectivity index (χ3n) is 5.92. The summed E-state index contributed by atoms with van der Waals surface area (Å²) in [6.07, 6.45) is 3.51. The summed E-state index contributed by atoms with van der Waals surface area (Å²) in [7, 11) is -2.12. The average Bonchev–Trinajstić information content (AvgIpc) is 3.43. The maximum absolute atomic E-state index is 12.9. The molecule has 1 amide bonds. The Balaban J connectivity index is 1.62. The molecule has 2 heterocycles. The Labute approximate surface area is 204 Å². The Bertz CT molecular complexity index is 1400. The van der Waals surface area contributed by atoms with Crippen LogP contribution in [0.5, 0.6) is 0 Å². The van der Waals surface area contributed by atoms with Crippen LogP contribution in [-0.2, 0) is 21.3 Å². The van der Waals surface area contributed by atoms with Crippen molar-refractivity contribution >= 4 is 37.5 Å². The molecule has 1 unspecified atom stereocenters. The van der Waals surface area contributed by atoms with Crippen LogP contribution in [0.15, 0.2) is 58.9 Å². The van der Waals surface area contributed by atoms with Crippen molar-refractivity contribution in [3.8, 4) is 0 Å². The van der Waals surface area contributed by atoms with Crippen LogP contribution in [0.4, 0.5) is 0 Å². The van der Waals surface area contributed by atoms with Crippen LogP contribution in [0, 0.1) is 13.8 Å². The van der Waals surface area contributed by atoms with E-state index in [2.05, 4.69) is 23.7 Å². The van der Waals surface area contributed by atoms with Gasteiger partial charge >= 0.3 is 0 Å². The predicted molar refractivity (Wildman–Crippen MR) is 135 cm³/mol. The number of rotatable bonds is 7. The van der Waals surface area contributed by atoms with E-state index in [1.54, 1.807) is 13.1 Å². The largest absolute Gasteiger partial charge is 0.377 e. The normalized spacial score (nSPS) is 17.1. The van der Waals surface area contributed by atoms with Gasteiger partial charge in [-0.05, 0) is 68.1 Å². The van der Waals surface area contributed by atoms with Gasteiger partial charge in [0, 0.05) is 32.3 Å². The first kappa shape index (κ1) is 24.5. The Kier molecular flexibility index (Phi) is 7.18. The topological polar surface area (TPSA) is 81.0 Å². The van der Waals surface area contributed by atoms with Crippen LogP contribution < -0.4 is 4.80 Å². The van der Waals surface area contributed by atoms with Crippen molar-refractivity contribution in [3.63, 3.8) is 0 Å². The zero-order valence-electron chi connectivity index (χ0n) is 19.7. The first-order valence-electron chi connectivity index (χ1n) is 11.2. The number of hydrogen-bond donors (Lipinski definition) is 0. The molecule has 1 aromatic heterocycles. The zero-order chi connectivity index (χ0) is 24.5. The van der Waals surface area contributed by atoms with Gasteiger partial charge in [0.1, 0.15) is 0 Å². The number of amides is 1. The number of fused-ring (bicyclic) bond motifs is 1. The molecule has 34 heavy (non-hydrogen) atoms. The lowest BCUT2D eigenvalue weighted by Gasteiger charge is -2.20. The summed E-state index contributed by atoms with van der Waals surface area (Å²) < 4.78 is 35.8. The third kappa shape index (κ3) is 4.93. The minimum Gasteiger partial charge on any atom is -0.377 e. The number of sulfonamides is 1. The number of carbonyl (C=O) groups excluding carboxylic acids is 1. The van der Waals surface area contributed by atoms with Crippen LogP contribution in [-0.4, -0.2) is 49.5 Å². The van der Waals surface area contributed by atoms with Crippen molar-refractivity contribution < 1.29 is 17.9 Å². The second-order valence-electron chi connectivity index (χ2n) is 8.58. The lowest BCUT2D eigenvalue weighted by Crippen LogP contribution is -2.34. The molecule has 0 N–H and O–H groups in total. The highest BCUT2D eigenvalue weighted by Gasteiger charge is 2.26. The van der Waals surface area contributed by atoms with E-state index >= 15 is 0 Å². The van der Waals surface area contributed by atoms with Crippen LogP contribution in [0.25, 0.3) is 10.2 Å². The summed E-state index contributed by atoms with van der Waals surface area (Å²) in [5.41, 5.74) is 3.62. The predicted octanol–water partition coefficient (Wildman–Crippen LogP) is 4.05. The van der Waals surface area contributed by atoms with Crippen LogP contribution >= 0.6 is 11.3 Å². The Morgan fingerprint density at radius 2 is 2.03 bits per heavy atom. The molecular weight excluding hydrogens is 470 g/mol. The number of hydrogen-bond acceptors (Lipinski definition) is 5. The summed E-state index contributed by atoms with van der Waals surface area (Å²) in [6, 6.07) is 10.1. The van der Waals surface area contributed by atoms with Crippen molar-refractivity contribution in [2.24, 2.45) is 4.99 Å². The van der Waals surface area contributed by atoms with E-state index in [1.807, 2.05) is 18.4 Å². The SMILES string of the molecule is C=CCn1c(=NC(=O)c2ccc(S(=O)(=O)N(C)CC3CCCO3)cc2)sc2c(C)cc(C)cc21. The molecule has 1 atom stereocenters. The molecule has 0 radical (unpaired) electrons. The van der Waals surface area contributed by atoms with Gasteiger partial charge in [0.2, 0.25) is 10.0 Å². The molecule has 1 aliphatic heterocycles. The standard InChI is InChI=1S/C25H29N3O4S2/c1-5-12-28-22-15-17(2)14-18(3)23(22)33-25(28)26-24(29)19-8-10-21(11-9-19)34(30,31)27(4)16-20-7-6-13-32-20/h5,8-11,14-15,20H,1,6-7,12-13,16H2,2-4H3. The fourth-order valence-electron chi connectivity index (χ4n) is 4.18. The Hall–Kier alpha value is -2.59.